The van der Waals surface area contributed by atoms with E-state index in [2.05, 4.69) is 31.1 Å². The Balaban J connectivity index is 3.04. The van der Waals surface area contributed by atoms with Gasteiger partial charge in [-0.1, -0.05) is 19.9 Å². The van der Waals surface area contributed by atoms with Crippen molar-refractivity contribution in [1.29, 1.82) is 0 Å². The molecule has 1 aromatic rings. The number of hydrogen-bond acceptors (Lipinski definition) is 5. The van der Waals surface area contributed by atoms with Gasteiger partial charge in [-0.3, -0.25) is 4.79 Å². The van der Waals surface area contributed by atoms with Crippen LogP contribution in [-0.4, -0.2) is 25.1 Å². The quantitative estimate of drug-likeness (QED) is 0.645. The average Bonchev–Trinajstić information content (AvgIpc) is 2.70. The topological polar surface area (TPSA) is 76.4 Å². The van der Waals surface area contributed by atoms with Crippen molar-refractivity contribution in [2.24, 2.45) is 5.92 Å². The number of ether oxygens (including phenoxy) is 1. The third-order valence-corrected chi connectivity index (χ3v) is 3.68. The molecule has 0 saturated heterocycles. The average molecular weight is 311 g/mol. The van der Waals surface area contributed by atoms with Crippen LogP contribution in [0.1, 0.15) is 37.4 Å². The first-order chi connectivity index (χ1) is 9.86. The third kappa shape index (κ3) is 4.97. The molecule has 0 fully saturated rings. The second-order valence-corrected chi connectivity index (χ2v) is 6.46. The maximum absolute atomic E-state index is 12.1. The van der Waals surface area contributed by atoms with E-state index in [1.165, 1.54) is 11.3 Å². The minimum atomic E-state index is -0.205. The van der Waals surface area contributed by atoms with Gasteiger partial charge in [-0.05, 0) is 19.8 Å². The van der Waals surface area contributed by atoms with Crippen molar-refractivity contribution >= 4 is 27.9 Å². The second-order valence-electron chi connectivity index (χ2n) is 5.44. The van der Waals surface area contributed by atoms with E-state index in [0.717, 1.165) is 11.5 Å². The van der Waals surface area contributed by atoms with Crippen LogP contribution in [-0.2, 0) is 0 Å². The molecule has 0 unspecified atom stereocenters. The largest absolute Gasteiger partial charge is 0.486 e. The number of hydrogen-bond donors (Lipinski definition) is 3. The van der Waals surface area contributed by atoms with E-state index >= 15 is 0 Å². The summed E-state index contributed by atoms with van der Waals surface area (Å²) in [6, 6.07) is 0. The van der Waals surface area contributed by atoms with Crippen molar-refractivity contribution in [1.82, 2.24) is 5.32 Å². The van der Waals surface area contributed by atoms with Crippen molar-refractivity contribution in [3.8, 4) is 5.75 Å². The molecule has 0 aliphatic carbocycles. The van der Waals surface area contributed by atoms with Gasteiger partial charge in [0.25, 0.3) is 5.91 Å². The van der Waals surface area contributed by atoms with E-state index in [1.54, 1.807) is 6.08 Å². The van der Waals surface area contributed by atoms with Crippen molar-refractivity contribution in [2.75, 3.05) is 24.1 Å². The Morgan fingerprint density at radius 3 is 2.62 bits per heavy atom. The zero-order valence-electron chi connectivity index (χ0n) is 13.2. The molecule has 0 aliphatic rings. The second kappa shape index (κ2) is 7.93. The predicted molar refractivity (Wildman–Crippen MR) is 90.4 cm³/mol. The van der Waals surface area contributed by atoms with E-state index in [0.29, 0.717) is 28.8 Å². The molecule has 0 radical (unpaired) electrons. The van der Waals surface area contributed by atoms with E-state index < -0.39 is 0 Å². The normalized spacial score (nSPS) is 10.8. The van der Waals surface area contributed by atoms with Gasteiger partial charge >= 0.3 is 0 Å². The van der Waals surface area contributed by atoms with Crippen LogP contribution in [0.15, 0.2) is 12.7 Å². The maximum Gasteiger partial charge on any atom is 0.263 e. The minimum Gasteiger partial charge on any atom is -0.486 e. The number of carbonyl (C=O) groups is 1. The van der Waals surface area contributed by atoms with E-state index in [1.807, 2.05) is 13.8 Å². The highest BCUT2D eigenvalue weighted by Gasteiger charge is 2.22. The molecule has 0 atom stereocenters. The number of rotatable bonds is 8. The molecule has 1 aromatic heterocycles. The Hall–Kier alpha value is -1.69. The fourth-order valence-electron chi connectivity index (χ4n) is 1.61. The lowest BCUT2D eigenvalue weighted by molar-refractivity contribution is 0.0962. The molecular formula is C15H25N3O2S. The fraction of sp³-hybridized carbons (Fsp3) is 0.533. The highest BCUT2D eigenvalue weighted by molar-refractivity contribution is 7.19. The van der Waals surface area contributed by atoms with E-state index in [9.17, 15) is 4.79 Å². The molecule has 1 heterocycles. The van der Waals surface area contributed by atoms with Gasteiger partial charge in [-0.25, -0.2) is 0 Å². The van der Waals surface area contributed by atoms with Crippen LogP contribution in [0.4, 0.5) is 10.7 Å². The van der Waals surface area contributed by atoms with Gasteiger partial charge in [-0.2, -0.15) is 0 Å². The third-order valence-electron chi connectivity index (χ3n) is 2.54. The molecule has 0 aliphatic heterocycles. The molecule has 21 heavy (non-hydrogen) atoms. The van der Waals surface area contributed by atoms with Crippen LogP contribution in [0.3, 0.4) is 0 Å². The SMILES string of the molecule is C=CCNC(=O)c1sc(NCC(C)C)c(OC(C)C)c1N. The van der Waals surface area contributed by atoms with Gasteiger partial charge in [0.1, 0.15) is 15.6 Å². The monoisotopic (exact) mass is 311 g/mol. The molecule has 0 spiro atoms. The molecular weight excluding hydrogens is 286 g/mol. The number of nitrogens with one attached hydrogen (secondary N) is 2. The van der Waals surface area contributed by atoms with Gasteiger partial charge in [0.05, 0.1) is 6.10 Å². The minimum absolute atomic E-state index is 0.00872. The zero-order chi connectivity index (χ0) is 16.0. The summed E-state index contributed by atoms with van der Waals surface area (Å²) in [6.07, 6.45) is 1.62. The number of amides is 1. The standard InChI is InChI=1S/C15H25N3O2S/c1-6-7-17-14(19)13-11(16)12(20-10(4)5)15(21-13)18-8-9(2)3/h6,9-10,18H,1,7-8,16H2,2-5H3,(H,17,19). The van der Waals surface area contributed by atoms with Gasteiger partial charge in [0, 0.05) is 13.1 Å². The van der Waals surface area contributed by atoms with Crippen LogP contribution in [0.5, 0.6) is 5.75 Å². The van der Waals surface area contributed by atoms with Crippen LogP contribution in [0.25, 0.3) is 0 Å². The highest BCUT2D eigenvalue weighted by atomic mass is 32.1. The van der Waals surface area contributed by atoms with Crippen molar-refractivity contribution in [2.45, 2.75) is 33.8 Å². The Morgan fingerprint density at radius 1 is 1.43 bits per heavy atom. The molecule has 6 heteroatoms. The lowest BCUT2D eigenvalue weighted by Gasteiger charge is -2.13. The fourth-order valence-corrected chi connectivity index (χ4v) is 2.59. The number of thiophene rings is 1. The van der Waals surface area contributed by atoms with Crippen LogP contribution < -0.4 is 21.1 Å². The lowest BCUT2D eigenvalue weighted by Crippen LogP contribution is -2.23. The summed E-state index contributed by atoms with van der Waals surface area (Å²) in [7, 11) is 0. The van der Waals surface area contributed by atoms with Gasteiger partial charge < -0.3 is 21.1 Å². The van der Waals surface area contributed by atoms with Crippen molar-refractivity contribution in [3.05, 3.63) is 17.5 Å². The smallest absolute Gasteiger partial charge is 0.263 e. The highest BCUT2D eigenvalue weighted by Crippen LogP contribution is 2.43. The Labute approximate surface area is 130 Å². The summed E-state index contributed by atoms with van der Waals surface area (Å²) in [5.41, 5.74) is 6.48. The predicted octanol–water partition coefficient (Wildman–Crippen LogP) is 3.10. The molecule has 118 valence electrons. The molecule has 0 bridgehead atoms. The summed E-state index contributed by atoms with van der Waals surface area (Å²) < 4.78 is 5.77. The summed E-state index contributed by atoms with van der Waals surface area (Å²) in [5, 5.41) is 6.85. The first-order valence-electron chi connectivity index (χ1n) is 7.08. The molecule has 1 amide bonds. The van der Waals surface area contributed by atoms with Crippen LogP contribution in [0.2, 0.25) is 0 Å². The summed E-state index contributed by atoms with van der Waals surface area (Å²) in [5.74, 6) is 0.848. The maximum atomic E-state index is 12.1. The lowest BCUT2D eigenvalue weighted by atomic mass is 10.2. The van der Waals surface area contributed by atoms with Gasteiger partial charge in [0.15, 0.2) is 5.75 Å². The van der Waals surface area contributed by atoms with E-state index in [-0.39, 0.29) is 12.0 Å². The first-order valence-corrected chi connectivity index (χ1v) is 7.90. The summed E-state index contributed by atoms with van der Waals surface area (Å²) in [6.45, 7) is 12.9. The number of nitrogen functional groups attached to an aromatic ring is 1. The van der Waals surface area contributed by atoms with Crippen molar-refractivity contribution < 1.29 is 9.53 Å². The Bertz CT molecular complexity index is 495. The summed E-state index contributed by atoms with van der Waals surface area (Å²) in [4.78, 5) is 12.6. The summed E-state index contributed by atoms with van der Waals surface area (Å²) >= 11 is 1.32. The molecule has 1 rings (SSSR count). The number of nitrogens with two attached hydrogens (primary N) is 1. The molecule has 5 nitrogen and oxygen atoms in total. The Kier molecular flexibility index (Phi) is 6.55. The molecule has 0 saturated carbocycles. The van der Waals surface area contributed by atoms with E-state index in [4.69, 9.17) is 10.5 Å². The zero-order valence-corrected chi connectivity index (χ0v) is 14.0. The van der Waals surface area contributed by atoms with Crippen LogP contribution >= 0.6 is 11.3 Å². The first kappa shape index (κ1) is 17.4. The van der Waals surface area contributed by atoms with Crippen LogP contribution in [0, 0.1) is 5.92 Å². The van der Waals surface area contributed by atoms with Gasteiger partial charge in [0.2, 0.25) is 0 Å². The van der Waals surface area contributed by atoms with Gasteiger partial charge in [-0.15, -0.1) is 17.9 Å². The molecule has 4 N–H and O–H groups in total. The number of carbonyl (C=O) groups excluding carboxylic acids is 1. The number of anilines is 2. The Morgan fingerprint density at radius 2 is 2.10 bits per heavy atom. The molecule has 0 aromatic carbocycles. The van der Waals surface area contributed by atoms with Crippen molar-refractivity contribution in [3.63, 3.8) is 0 Å².